The Hall–Kier alpha value is -1.75. The summed E-state index contributed by atoms with van der Waals surface area (Å²) in [6, 6.07) is 4.14. The van der Waals surface area contributed by atoms with Crippen LogP contribution in [0.2, 0.25) is 5.02 Å². The van der Waals surface area contributed by atoms with Gasteiger partial charge in [-0.3, -0.25) is 0 Å². The van der Waals surface area contributed by atoms with Crippen molar-refractivity contribution in [3.05, 3.63) is 28.8 Å². The Balaban J connectivity index is 2.81. The second-order valence-corrected chi connectivity index (χ2v) is 5.43. The third-order valence-corrected chi connectivity index (χ3v) is 3.66. The largest absolute Gasteiger partial charge is 0.478 e. The second-order valence-electron chi connectivity index (χ2n) is 5.03. The number of hydrogen-bond acceptors (Lipinski definition) is 2. The molecule has 0 fully saturated rings. The number of benzene rings is 1. The van der Waals surface area contributed by atoms with Crippen LogP contribution >= 0.6 is 11.6 Å². The topological polar surface area (TPSA) is 69.6 Å². The molecular formula is C14H19ClN2O3. The number of hydrogen-bond donors (Lipinski definition) is 2. The average molecular weight is 299 g/mol. The number of anilines is 1. The number of nitrogens with zero attached hydrogens (tertiary/aromatic N) is 1. The van der Waals surface area contributed by atoms with Crippen LogP contribution < -0.4 is 5.32 Å². The predicted molar refractivity (Wildman–Crippen MR) is 79.5 cm³/mol. The number of carbonyl (C=O) groups excluding carboxylic acids is 1. The molecule has 0 heterocycles. The predicted octanol–water partition coefficient (Wildman–Crippen LogP) is 3.55. The second kappa shape index (κ2) is 6.61. The van der Waals surface area contributed by atoms with Crippen LogP contribution in [0.4, 0.5) is 10.5 Å². The number of urea groups is 1. The molecule has 1 aromatic rings. The van der Waals surface area contributed by atoms with E-state index in [0.29, 0.717) is 11.6 Å². The first kappa shape index (κ1) is 16.3. The van der Waals surface area contributed by atoms with E-state index in [4.69, 9.17) is 16.7 Å². The molecule has 1 unspecified atom stereocenters. The Labute approximate surface area is 123 Å². The van der Waals surface area contributed by atoms with Crippen molar-refractivity contribution >= 4 is 29.3 Å². The zero-order valence-electron chi connectivity index (χ0n) is 12.0. The Morgan fingerprint density at radius 2 is 1.90 bits per heavy atom. The average Bonchev–Trinajstić information content (AvgIpc) is 2.36. The molecule has 1 rings (SSSR count). The van der Waals surface area contributed by atoms with Crippen molar-refractivity contribution in [2.75, 3.05) is 12.4 Å². The first-order chi connectivity index (χ1) is 9.23. The fraction of sp³-hybridized carbons (Fsp3) is 0.429. The van der Waals surface area contributed by atoms with Gasteiger partial charge >= 0.3 is 12.0 Å². The number of aromatic carboxylic acids is 1. The number of carboxylic acid groups (broad SMARTS) is 1. The van der Waals surface area contributed by atoms with Crippen molar-refractivity contribution < 1.29 is 14.7 Å². The number of carboxylic acids is 1. The van der Waals surface area contributed by atoms with Gasteiger partial charge in [0.05, 0.1) is 10.6 Å². The van der Waals surface area contributed by atoms with Gasteiger partial charge in [-0.05, 0) is 31.0 Å². The summed E-state index contributed by atoms with van der Waals surface area (Å²) < 4.78 is 0. The normalized spacial score (nSPS) is 12.1. The lowest BCUT2D eigenvalue weighted by molar-refractivity contribution is 0.0697. The van der Waals surface area contributed by atoms with E-state index in [1.807, 2.05) is 20.8 Å². The van der Waals surface area contributed by atoms with Gasteiger partial charge in [-0.1, -0.05) is 25.4 Å². The van der Waals surface area contributed by atoms with E-state index in [9.17, 15) is 9.59 Å². The van der Waals surface area contributed by atoms with E-state index in [1.54, 1.807) is 11.9 Å². The van der Waals surface area contributed by atoms with Crippen molar-refractivity contribution in [2.45, 2.75) is 26.8 Å². The maximum absolute atomic E-state index is 12.0. The third kappa shape index (κ3) is 3.87. The van der Waals surface area contributed by atoms with Crippen molar-refractivity contribution in [1.82, 2.24) is 4.90 Å². The number of nitrogens with one attached hydrogen (secondary N) is 1. The van der Waals surface area contributed by atoms with Gasteiger partial charge in [-0.15, -0.1) is 0 Å². The summed E-state index contributed by atoms with van der Waals surface area (Å²) in [7, 11) is 1.72. The summed E-state index contributed by atoms with van der Waals surface area (Å²) in [5.41, 5.74) is 0.473. The molecule has 2 amide bonds. The van der Waals surface area contributed by atoms with Crippen LogP contribution in [0.15, 0.2) is 18.2 Å². The number of halogens is 1. The maximum Gasteiger partial charge on any atom is 0.337 e. The maximum atomic E-state index is 12.0. The van der Waals surface area contributed by atoms with E-state index in [-0.39, 0.29) is 22.7 Å². The highest BCUT2D eigenvalue weighted by Gasteiger charge is 2.19. The van der Waals surface area contributed by atoms with Gasteiger partial charge in [0.25, 0.3) is 0 Å². The van der Waals surface area contributed by atoms with Gasteiger partial charge in [0.15, 0.2) is 0 Å². The molecule has 0 saturated heterocycles. The van der Waals surface area contributed by atoms with E-state index < -0.39 is 5.97 Å². The summed E-state index contributed by atoms with van der Waals surface area (Å²) in [6.45, 7) is 6.03. The van der Waals surface area contributed by atoms with Gasteiger partial charge in [-0.25, -0.2) is 9.59 Å². The highest BCUT2D eigenvalue weighted by molar-refractivity contribution is 6.33. The Bertz CT molecular complexity index is 517. The highest BCUT2D eigenvalue weighted by Crippen LogP contribution is 2.21. The standard InChI is InChI=1S/C14H19ClN2O3/c1-8(2)9(3)17(4)14(20)16-10-5-6-11(13(18)19)12(15)7-10/h5-9H,1-4H3,(H,16,20)(H,18,19). The fourth-order valence-corrected chi connectivity index (χ4v) is 1.87. The molecule has 0 saturated carbocycles. The molecule has 0 bridgehead atoms. The fourth-order valence-electron chi connectivity index (χ4n) is 1.61. The zero-order valence-corrected chi connectivity index (χ0v) is 12.7. The van der Waals surface area contributed by atoms with Crippen molar-refractivity contribution in [3.63, 3.8) is 0 Å². The summed E-state index contributed by atoms with van der Waals surface area (Å²) in [6.07, 6.45) is 0. The molecule has 0 aromatic heterocycles. The Morgan fingerprint density at radius 3 is 2.35 bits per heavy atom. The summed E-state index contributed by atoms with van der Waals surface area (Å²) in [4.78, 5) is 24.5. The van der Waals surface area contributed by atoms with Crippen LogP contribution in [0.1, 0.15) is 31.1 Å². The minimum absolute atomic E-state index is 0.00793. The lowest BCUT2D eigenvalue weighted by Gasteiger charge is -2.28. The number of carbonyl (C=O) groups is 2. The van der Waals surface area contributed by atoms with Crippen LogP contribution in [-0.4, -0.2) is 35.1 Å². The molecule has 1 atom stereocenters. The van der Waals surface area contributed by atoms with Gasteiger partial charge < -0.3 is 15.3 Å². The van der Waals surface area contributed by atoms with Gasteiger partial charge in [0, 0.05) is 18.8 Å². The molecule has 20 heavy (non-hydrogen) atoms. The molecule has 0 spiro atoms. The number of amides is 2. The van der Waals surface area contributed by atoms with Crippen LogP contribution in [0.3, 0.4) is 0 Å². The quantitative estimate of drug-likeness (QED) is 0.893. The molecule has 6 heteroatoms. The van der Waals surface area contributed by atoms with E-state index in [2.05, 4.69) is 5.32 Å². The van der Waals surface area contributed by atoms with Crippen LogP contribution in [-0.2, 0) is 0 Å². The summed E-state index contributed by atoms with van der Waals surface area (Å²) in [5, 5.41) is 11.7. The molecule has 0 aliphatic heterocycles. The molecule has 110 valence electrons. The minimum atomic E-state index is -1.10. The molecule has 0 aliphatic rings. The smallest absolute Gasteiger partial charge is 0.337 e. The van der Waals surface area contributed by atoms with Crippen molar-refractivity contribution in [3.8, 4) is 0 Å². The molecule has 2 N–H and O–H groups in total. The van der Waals surface area contributed by atoms with E-state index in [1.165, 1.54) is 18.2 Å². The lowest BCUT2D eigenvalue weighted by Crippen LogP contribution is -2.40. The zero-order chi connectivity index (χ0) is 15.4. The van der Waals surface area contributed by atoms with Crippen LogP contribution in [0.5, 0.6) is 0 Å². The molecule has 0 aliphatic carbocycles. The summed E-state index contributed by atoms with van der Waals surface area (Å²) in [5.74, 6) is -0.762. The SMILES string of the molecule is CC(C)C(C)N(C)C(=O)Nc1ccc(C(=O)O)c(Cl)c1. The molecule has 5 nitrogen and oxygen atoms in total. The highest BCUT2D eigenvalue weighted by atomic mass is 35.5. The third-order valence-electron chi connectivity index (χ3n) is 3.35. The van der Waals surface area contributed by atoms with Crippen LogP contribution in [0.25, 0.3) is 0 Å². The van der Waals surface area contributed by atoms with E-state index in [0.717, 1.165) is 0 Å². The van der Waals surface area contributed by atoms with Gasteiger partial charge in [0.2, 0.25) is 0 Å². The van der Waals surface area contributed by atoms with Gasteiger partial charge in [-0.2, -0.15) is 0 Å². The minimum Gasteiger partial charge on any atom is -0.478 e. The lowest BCUT2D eigenvalue weighted by atomic mass is 10.1. The summed E-state index contributed by atoms with van der Waals surface area (Å²) >= 11 is 5.85. The first-order valence-electron chi connectivity index (χ1n) is 6.30. The first-order valence-corrected chi connectivity index (χ1v) is 6.68. The molecular weight excluding hydrogens is 280 g/mol. The van der Waals surface area contributed by atoms with Gasteiger partial charge in [0.1, 0.15) is 0 Å². The van der Waals surface area contributed by atoms with Crippen LogP contribution in [0, 0.1) is 5.92 Å². The van der Waals surface area contributed by atoms with E-state index >= 15 is 0 Å². The number of rotatable bonds is 4. The Morgan fingerprint density at radius 1 is 1.30 bits per heavy atom. The molecule has 1 aromatic carbocycles. The van der Waals surface area contributed by atoms with Crippen molar-refractivity contribution in [2.24, 2.45) is 5.92 Å². The molecule has 0 radical (unpaired) electrons. The van der Waals surface area contributed by atoms with Crippen molar-refractivity contribution in [1.29, 1.82) is 0 Å². The Kier molecular flexibility index (Phi) is 5.39. The monoisotopic (exact) mass is 298 g/mol.